The summed E-state index contributed by atoms with van der Waals surface area (Å²) in [6.07, 6.45) is -4.57. The first-order chi connectivity index (χ1) is 10.3. The maximum Gasteiger partial charge on any atom is 0.416 e. The summed E-state index contributed by atoms with van der Waals surface area (Å²) in [7, 11) is 1.23. The molecule has 2 aromatic rings. The summed E-state index contributed by atoms with van der Waals surface area (Å²) >= 11 is 0. The van der Waals surface area contributed by atoms with Crippen LogP contribution in [0.25, 0.3) is 0 Å². The van der Waals surface area contributed by atoms with E-state index in [1.807, 2.05) is 0 Å². The van der Waals surface area contributed by atoms with Crippen molar-refractivity contribution in [3.8, 4) is 11.5 Å². The van der Waals surface area contributed by atoms with E-state index >= 15 is 0 Å². The molecule has 0 saturated carbocycles. The molecule has 0 aliphatic carbocycles. The number of alkyl halides is 3. The lowest BCUT2D eigenvalue weighted by Gasteiger charge is -2.13. The SMILES string of the molecule is COc1cc(NC(=O)c2ccccc2O)cc(C(F)(F)F)c1. The molecule has 0 unspecified atom stereocenters. The second kappa shape index (κ2) is 5.97. The molecule has 0 fully saturated rings. The third-order valence-electron chi connectivity index (χ3n) is 2.88. The molecule has 0 aromatic heterocycles. The standard InChI is InChI=1S/C15H12F3NO3/c1-22-11-7-9(15(16,17)18)6-10(8-11)19-14(21)12-4-2-3-5-13(12)20/h2-8,20H,1H3,(H,19,21). The maximum atomic E-state index is 12.8. The molecule has 0 aliphatic heterocycles. The van der Waals surface area contributed by atoms with Gasteiger partial charge in [0.2, 0.25) is 0 Å². The van der Waals surface area contributed by atoms with E-state index in [9.17, 15) is 23.1 Å². The molecule has 2 N–H and O–H groups in total. The fourth-order valence-corrected chi connectivity index (χ4v) is 1.82. The number of amides is 1. The molecule has 0 atom stereocenters. The molecular formula is C15H12F3NO3. The minimum atomic E-state index is -4.57. The van der Waals surface area contributed by atoms with Gasteiger partial charge >= 0.3 is 6.18 Å². The van der Waals surface area contributed by atoms with Crippen molar-refractivity contribution in [3.63, 3.8) is 0 Å². The van der Waals surface area contributed by atoms with E-state index < -0.39 is 17.6 Å². The Hall–Kier alpha value is -2.70. The minimum Gasteiger partial charge on any atom is -0.507 e. The number of ether oxygens (including phenoxy) is 1. The number of halogens is 3. The second-order valence-electron chi connectivity index (χ2n) is 4.42. The van der Waals surface area contributed by atoms with E-state index in [0.29, 0.717) is 0 Å². The van der Waals surface area contributed by atoms with Gasteiger partial charge in [-0.1, -0.05) is 12.1 Å². The van der Waals surface area contributed by atoms with Crippen LogP contribution in [-0.4, -0.2) is 18.1 Å². The Morgan fingerprint density at radius 1 is 1.18 bits per heavy atom. The van der Waals surface area contributed by atoms with Gasteiger partial charge in [-0.05, 0) is 24.3 Å². The van der Waals surface area contributed by atoms with E-state index in [-0.39, 0.29) is 22.7 Å². The number of carbonyl (C=O) groups is 1. The Morgan fingerprint density at radius 3 is 2.45 bits per heavy atom. The van der Waals surface area contributed by atoms with Crippen molar-refractivity contribution in [1.82, 2.24) is 0 Å². The van der Waals surface area contributed by atoms with Gasteiger partial charge in [-0.3, -0.25) is 4.79 Å². The van der Waals surface area contributed by atoms with Crippen molar-refractivity contribution in [2.24, 2.45) is 0 Å². The fourth-order valence-electron chi connectivity index (χ4n) is 1.82. The number of phenolic OH excluding ortho intramolecular Hbond substituents is 1. The van der Waals surface area contributed by atoms with Crippen molar-refractivity contribution in [1.29, 1.82) is 0 Å². The van der Waals surface area contributed by atoms with E-state index in [1.54, 1.807) is 0 Å². The van der Waals surface area contributed by atoms with E-state index in [2.05, 4.69) is 5.32 Å². The van der Waals surface area contributed by atoms with Gasteiger partial charge in [-0.25, -0.2) is 0 Å². The highest BCUT2D eigenvalue weighted by Gasteiger charge is 2.31. The van der Waals surface area contributed by atoms with Gasteiger partial charge in [0.15, 0.2) is 0 Å². The van der Waals surface area contributed by atoms with Gasteiger partial charge in [0.05, 0.1) is 18.2 Å². The molecule has 0 spiro atoms. The molecule has 0 heterocycles. The number of nitrogens with one attached hydrogen (secondary N) is 1. The highest BCUT2D eigenvalue weighted by molar-refractivity contribution is 6.06. The molecule has 2 aromatic carbocycles. The summed E-state index contributed by atoms with van der Waals surface area (Å²) in [5.41, 5.74) is -1.07. The van der Waals surface area contributed by atoms with Crippen molar-refractivity contribution < 1.29 is 27.8 Å². The van der Waals surface area contributed by atoms with Crippen LogP contribution in [-0.2, 0) is 6.18 Å². The topological polar surface area (TPSA) is 58.6 Å². The first kappa shape index (κ1) is 15.7. The lowest BCUT2D eigenvalue weighted by atomic mass is 10.1. The van der Waals surface area contributed by atoms with E-state index in [1.165, 1.54) is 37.4 Å². The average Bonchev–Trinajstić information content (AvgIpc) is 2.46. The number of hydrogen-bond donors (Lipinski definition) is 2. The summed E-state index contributed by atoms with van der Waals surface area (Å²) in [5.74, 6) is -1.03. The quantitative estimate of drug-likeness (QED) is 0.909. The Balaban J connectivity index is 2.33. The van der Waals surface area contributed by atoms with E-state index in [4.69, 9.17) is 4.74 Å². The van der Waals surface area contributed by atoms with Gasteiger partial charge in [0.1, 0.15) is 11.5 Å². The molecule has 116 valence electrons. The predicted molar refractivity (Wildman–Crippen MR) is 74.1 cm³/mol. The molecule has 1 amide bonds. The van der Waals surface area contributed by atoms with Crippen LogP contribution < -0.4 is 10.1 Å². The zero-order valence-corrected chi connectivity index (χ0v) is 11.4. The van der Waals surface area contributed by atoms with Gasteiger partial charge < -0.3 is 15.2 Å². The van der Waals surface area contributed by atoms with Crippen LogP contribution in [0.5, 0.6) is 11.5 Å². The van der Waals surface area contributed by atoms with Crippen LogP contribution in [0.15, 0.2) is 42.5 Å². The summed E-state index contributed by atoms with van der Waals surface area (Å²) < 4.78 is 43.2. The van der Waals surface area contributed by atoms with Crippen molar-refractivity contribution in [2.75, 3.05) is 12.4 Å². The van der Waals surface area contributed by atoms with Crippen LogP contribution in [0.2, 0.25) is 0 Å². The number of anilines is 1. The average molecular weight is 311 g/mol. The molecule has 0 radical (unpaired) electrons. The Kier molecular flexibility index (Phi) is 4.25. The first-order valence-electron chi connectivity index (χ1n) is 6.17. The zero-order chi connectivity index (χ0) is 16.3. The second-order valence-corrected chi connectivity index (χ2v) is 4.42. The summed E-state index contributed by atoms with van der Waals surface area (Å²) in [4.78, 5) is 12.0. The van der Waals surface area contributed by atoms with Crippen molar-refractivity contribution >= 4 is 11.6 Å². The highest BCUT2D eigenvalue weighted by Crippen LogP contribution is 2.34. The van der Waals surface area contributed by atoms with E-state index in [0.717, 1.165) is 12.1 Å². The van der Waals surface area contributed by atoms with Crippen LogP contribution in [0, 0.1) is 0 Å². The minimum absolute atomic E-state index is 0.0394. The van der Waals surface area contributed by atoms with Crippen LogP contribution in [0.3, 0.4) is 0 Å². The molecule has 0 saturated heterocycles. The monoisotopic (exact) mass is 311 g/mol. The first-order valence-corrected chi connectivity index (χ1v) is 6.17. The molecule has 7 heteroatoms. The summed E-state index contributed by atoms with van der Waals surface area (Å²) in [6.45, 7) is 0. The maximum absolute atomic E-state index is 12.8. The smallest absolute Gasteiger partial charge is 0.416 e. The number of para-hydroxylation sites is 1. The lowest BCUT2D eigenvalue weighted by Crippen LogP contribution is -2.13. The number of aromatic hydroxyl groups is 1. The lowest BCUT2D eigenvalue weighted by molar-refractivity contribution is -0.137. The van der Waals surface area contributed by atoms with Gasteiger partial charge in [-0.15, -0.1) is 0 Å². The normalized spacial score (nSPS) is 11.1. The molecule has 2 rings (SSSR count). The van der Waals surface area contributed by atoms with Crippen molar-refractivity contribution in [3.05, 3.63) is 53.6 Å². The predicted octanol–water partition coefficient (Wildman–Crippen LogP) is 3.67. The molecule has 22 heavy (non-hydrogen) atoms. The fraction of sp³-hybridized carbons (Fsp3) is 0.133. The number of benzene rings is 2. The number of methoxy groups -OCH3 is 1. The zero-order valence-electron chi connectivity index (χ0n) is 11.4. The van der Waals surface area contributed by atoms with Gasteiger partial charge in [-0.2, -0.15) is 13.2 Å². The van der Waals surface area contributed by atoms with Gasteiger partial charge in [0, 0.05) is 11.8 Å². The Morgan fingerprint density at radius 2 is 1.86 bits per heavy atom. The van der Waals surface area contributed by atoms with Crippen LogP contribution >= 0.6 is 0 Å². The highest BCUT2D eigenvalue weighted by atomic mass is 19.4. The largest absolute Gasteiger partial charge is 0.507 e. The third kappa shape index (κ3) is 3.49. The summed E-state index contributed by atoms with van der Waals surface area (Å²) in [6, 6.07) is 8.60. The molecule has 0 bridgehead atoms. The molecular weight excluding hydrogens is 299 g/mol. The van der Waals surface area contributed by atoms with Crippen LogP contribution in [0.1, 0.15) is 15.9 Å². The van der Waals surface area contributed by atoms with Crippen molar-refractivity contribution in [2.45, 2.75) is 6.18 Å². The van der Waals surface area contributed by atoms with Gasteiger partial charge in [0.25, 0.3) is 5.91 Å². The number of rotatable bonds is 3. The number of phenols is 1. The molecule has 4 nitrogen and oxygen atoms in total. The van der Waals surface area contributed by atoms with Crippen LogP contribution in [0.4, 0.5) is 18.9 Å². The summed E-state index contributed by atoms with van der Waals surface area (Å²) in [5, 5.41) is 11.9. The molecule has 0 aliphatic rings. The number of hydrogen-bond acceptors (Lipinski definition) is 3. The Bertz CT molecular complexity index is 699. The number of carbonyl (C=O) groups excluding carboxylic acids is 1. The third-order valence-corrected chi connectivity index (χ3v) is 2.88. The Labute approximate surface area is 124 Å².